The lowest BCUT2D eigenvalue weighted by Crippen LogP contribution is -2.58. The van der Waals surface area contributed by atoms with Crippen molar-refractivity contribution in [3.05, 3.63) is 72.8 Å². The number of anilines is 3. The van der Waals surface area contributed by atoms with E-state index in [1.807, 2.05) is 6.92 Å². The molecule has 400 valence electrons. The zero-order valence-corrected chi connectivity index (χ0v) is 42.3. The largest absolute Gasteiger partial charge is 0.508 e. The van der Waals surface area contributed by atoms with Crippen LogP contribution in [0.15, 0.2) is 72.8 Å². The van der Waals surface area contributed by atoms with Gasteiger partial charge in [0.15, 0.2) is 0 Å². The van der Waals surface area contributed by atoms with Crippen molar-refractivity contribution in [2.75, 3.05) is 75.6 Å². The minimum Gasteiger partial charge on any atom is -0.508 e. The lowest BCUT2D eigenvalue weighted by atomic mass is 10.0. The van der Waals surface area contributed by atoms with Crippen LogP contribution in [-0.4, -0.2) is 128 Å². The molecule has 3 rings (SSSR count). The first-order valence-corrected chi connectivity index (χ1v) is 23.7. The number of hydrogen-bond donors (Lipinski definition) is 10. The van der Waals surface area contributed by atoms with Crippen LogP contribution in [0.3, 0.4) is 0 Å². The van der Waals surface area contributed by atoms with Crippen molar-refractivity contribution in [3.8, 4) is 17.2 Å². The van der Waals surface area contributed by atoms with Crippen LogP contribution in [0.25, 0.3) is 0 Å². The molecule has 21 nitrogen and oxygen atoms in total. The van der Waals surface area contributed by atoms with Gasteiger partial charge in [-0.15, -0.1) is 0 Å². The van der Waals surface area contributed by atoms with Crippen molar-refractivity contribution in [1.29, 1.82) is 0 Å². The summed E-state index contributed by atoms with van der Waals surface area (Å²) in [5.74, 6) is -0.117. The van der Waals surface area contributed by atoms with Crippen molar-refractivity contribution in [2.24, 2.45) is 5.92 Å². The molecule has 21 heteroatoms. The number of phenols is 3. The molecule has 0 aliphatic heterocycles. The summed E-state index contributed by atoms with van der Waals surface area (Å²) >= 11 is 0. The van der Waals surface area contributed by atoms with Gasteiger partial charge in [0.05, 0.1) is 33.0 Å². The summed E-state index contributed by atoms with van der Waals surface area (Å²) in [6, 6.07) is 18.6. The number of hydrogen-bond acceptors (Lipinski definition) is 15. The lowest BCUT2D eigenvalue weighted by molar-refractivity contribution is -0.130. The second-order valence-corrected chi connectivity index (χ2v) is 16.8. The Hall–Kier alpha value is -7.10. The Balaban J connectivity index is 0.00000149. The number of rotatable bonds is 31. The Morgan fingerprint density at radius 3 is 1.43 bits per heavy atom. The SMILES string of the molecule is CC(C)C.CCCOCC(COCCC(=O)NCCC=O)(COCCC(=O)NCCC(=O)Nc1ccc(O)cc1)NC(=O)CCCC(C)=O.Nc1ccc(O)cc1.O=CNCCC(=O)Nc1ccc(O)cc1. The predicted octanol–water partition coefficient (Wildman–Crippen LogP) is 4.50. The number of nitrogen functional groups attached to an aromatic ring is 1. The fourth-order valence-electron chi connectivity index (χ4n) is 5.38. The van der Waals surface area contributed by atoms with Gasteiger partial charge in [0.25, 0.3) is 0 Å². The van der Waals surface area contributed by atoms with Gasteiger partial charge >= 0.3 is 0 Å². The molecule has 6 amide bonds. The number of ether oxygens (including phenoxy) is 3. The number of benzene rings is 3. The van der Waals surface area contributed by atoms with E-state index < -0.39 is 5.54 Å². The fraction of sp³-hybridized carbons (Fsp3) is 0.490. The van der Waals surface area contributed by atoms with Crippen LogP contribution in [-0.2, 0) is 52.6 Å². The van der Waals surface area contributed by atoms with E-state index in [-0.39, 0.29) is 144 Å². The Labute approximate surface area is 422 Å². The van der Waals surface area contributed by atoms with Gasteiger partial charge in [0.1, 0.15) is 34.9 Å². The average molecular weight is 1010 g/mol. The number of carbonyl (C=O) groups excluding carboxylic acids is 8. The van der Waals surface area contributed by atoms with E-state index in [0.29, 0.717) is 49.3 Å². The predicted molar refractivity (Wildman–Crippen MR) is 274 cm³/mol. The van der Waals surface area contributed by atoms with Gasteiger partial charge < -0.3 is 76.8 Å². The topological polar surface area (TPSA) is 323 Å². The molecule has 11 N–H and O–H groups in total. The maximum atomic E-state index is 12.8. The van der Waals surface area contributed by atoms with Crippen LogP contribution in [0.2, 0.25) is 0 Å². The molecule has 1 unspecified atom stereocenters. The van der Waals surface area contributed by atoms with Gasteiger partial charge in [-0.2, -0.15) is 0 Å². The van der Waals surface area contributed by atoms with E-state index in [4.69, 9.17) is 30.2 Å². The molecule has 0 bridgehead atoms. The second-order valence-electron chi connectivity index (χ2n) is 16.8. The molecule has 0 saturated carbocycles. The van der Waals surface area contributed by atoms with E-state index in [1.165, 1.54) is 31.2 Å². The average Bonchev–Trinajstić information content (AvgIpc) is 3.32. The molecule has 0 fully saturated rings. The zero-order chi connectivity index (χ0) is 54.0. The van der Waals surface area contributed by atoms with Gasteiger partial charge in [0.2, 0.25) is 35.9 Å². The number of nitrogens with two attached hydrogens (primary N) is 1. The molecule has 0 heterocycles. The first kappa shape index (κ1) is 64.9. The van der Waals surface area contributed by atoms with E-state index >= 15 is 0 Å². The smallest absolute Gasteiger partial charge is 0.226 e. The molecule has 0 saturated heterocycles. The molecule has 1 atom stereocenters. The van der Waals surface area contributed by atoms with E-state index in [1.54, 1.807) is 48.5 Å². The molecule has 0 aromatic heterocycles. The summed E-state index contributed by atoms with van der Waals surface area (Å²) in [5, 5.41) is 42.9. The molecule has 3 aromatic carbocycles. The highest BCUT2D eigenvalue weighted by Gasteiger charge is 2.34. The third-order valence-corrected chi connectivity index (χ3v) is 8.80. The summed E-state index contributed by atoms with van der Waals surface area (Å²) in [5.41, 5.74) is 6.00. The zero-order valence-electron chi connectivity index (χ0n) is 42.3. The molecule has 0 aliphatic carbocycles. The van der Waals surface area contributed by atoms with Crippen LogP contribution in [0, 0.1) is 5.92 Å². The number of aromatic hydroxyl groups is 3. The first-order valence-electron chi connectivity index (χ1n) is 23.7. The summed E-state index contributed by atoms with van der Waals surface area (Å²) in [6.07, 6.45) is 3.28. The maximum Gasteiger partial charge on any atom is 0.226 e. The van der Waals surface area contributed by atoms with E-state index in [9.17, 15) is 43.5 Å². The molecule has 0 aliphatic rings. The van der Waals surface area contributed by atoms with Gasteiger partial charge in [-0.25, -0.2) is 0 Å². The Bertz CT molecular complexity index is 1980. The highest BCUT2D eigenvalue weighted by molar-refractivity contribution is 5.91. The van der Waals surface area contributed by atoms with Crippen molar-refractivity contribution < 1.29 is 67.9 Å². The molecular formula is C51H77N7O14. The number of phenolic OH excluding ortho intramolecular Hbond substituents is 3. The van der Waals surface area contributed by atoms with E-state index in [2.05, 4.69) is 52.7 Å². The van der Waals surface area contributed by atoms with Crippen LogP contribution < -0.4 is 37.6 Å². The first-order chi connectivity index (χ1) is 34.3. The summed E-state index contributed by atoms with van der Waals surface area (Å²) in [4.78, 5) is 92.1. The Morgan fingerprint density at radius 1 is 0.583 bits per heavy atom. The Kier molecular flexibility index (Phi) is 36.6. The summed E-state index contributed by atoms with van der Waals surface area (Å²) in [7, 11) is 0. The van der Waals surface area contributed by atoms with Crippen molar-refractivity contribution >= 4 is 65.1 Å². The van der Waals surface area contributed by atoms with E-state index in [0.717, 1.165) is 12.3 Å². The van der Waals surface area contributed by atoms with Crippen molar-refractivity contribution in [3.63, 3.8) is 0 Å². The number of Topliss-reactive ketones (excluding diaryl/α,β-unsaturated/α-hetero) is 1. The Morgan fingerprint density at radius 2 is 1.01 bits per heavy atom. The maximum absolute atomic E-state index is 12.8. The van der Waals surface area contributed by atoms with Gasteiger partial charge in [-0.3, -0.25) is 28.8 Å². The summed E-state index contributed by atoms with van der Waals surface area (Å²) in [6.45, 7) is 11.0. The van der Waals surface area contributed by atoms with Crippen LogP contribution in [0.1, 0.15) is 92.4 Å². The molecule has 0 spiro atoms. The van der Waals surface area contributed by atoms with Crippen LogP contribution in [0.5, 0.6) is 17.2 Å². The third-order valence-electron chi connectivity index (χ3n) is 8.80. The number of amides is 6. The molecular weight excluding hydrogens is 935 g/mol. The lowest BCUT2D eigenvalue weighted by Gasteiger charge is -2.34. The number of aldehydes is 1. The van der Waals surface area contributed by atoms with Crippen molar-refractivity contribution in [1.82, 2.24) is 21.3 Å². The van der Waals surface area contributed by atoms with Crippen LogP contribution >= 0.6 is 0 Å². The molecule has 0 radical (unpaired) electrons. The van der Waals surface area contributed by atoms with Gasteiger partial charge in [0, 0.05) is 88.2 Å². The number of carbonyl (C=O) groups is 8. The monoisotopic (exact) mass is 1010 g/mol. The highest BCUT2D eigenvalue weighted by atomic mass is 16.5. The van der Waals surface area contributed by atoms with Gasteiger partial charge in [-0.05, 0) is 98.5 Å². The fourth-order valence-corrected chi connectivity index (χ4v) is 5.38. The number of ketones is 1. The number of nitrogens with one attached hydrogen (secondary N) is 6. The highest BCUT2D eigenvalue weighted by Crippen LogP contribution is 2.16. The normalized spacial score (nSPS) is 11.0. The summed E-state index contributed by atoms with van der Waals surface area (Å²) < 4.78 is 17.3. The standard InChI is InChI=1S/C31H48N4O10.C10H12N2O3.C6H7NO.C4H10/c1-3-18-43-21-31(35-30(42)7-4-6-24(2)37,22-44-19-13-27(39)32-15-5-17-36)23-45-20-14-28(40)33-16-12-29(41)34-25-8-10-26(38)11-9-25;13-7-11-6-5-10(15)12-8-1-3-9(14)4-2-8;7-5-1-3-6(8)4-2-5;1-4(2)3/h8-11,17,38H,3-7,12-16,18-23H2,1-2H3,(H,32,39)(H,33,40)(H,34,41)(H,35,42);1-4,7,14H,5-6H2,(H,11,13)(H,12,15);1-4,8H,7H2;4H,1-3H3. The van der Waals surface area contributed by atoms with Crippen LogP contribution in [0.4, 0.5) is 17.1 Å². The minimum atomic E-state index is -1.13. The second kappa shape index (κ2) is 40.6. The van der Waals surface area contributed by atoms with Gasteiger partial charge in [-0.1, -0.05) is 27.7 Å². The minimum absolute atomic E-state index is 0.000146. The molecule has 72 heavy (non-hydrogen) atoms. The third kappa shape index (κ3) is 37.8. The van der Waals surface area contributed by atoms with Crippen molar-refractivity contribution in [2.45, 2.75) is 97.9 Å². The quantitative estimate of drug-likeness (QED) is 0.0184. The molecule has 3 aromatic rings.